The van der Waals surface area contributed by atoms with E-state index in [4.69, 9.17) is 0 Å². The average molecular weight is 194 g/mol. The van der Waals surface area contributed by atoms with Crippen molar-refractivity contribution in [3.05, 3.63) is 0 Å². The van der Waals surface area contributed by atoms with Crippen LogP contribution in [-0.2, 0) is 0 Å². The van der Waals surface area contributed by atoms with Crippen molar-refractivity contribution in [3.63, 3.8) is 0 Å². The van der Waals surface area contributed by atoms with Gasteiger partial charge in [-0.05, 0) is 62.2 Å². The van der Waals surface area contributed by atoms with E-state index in [1.54, 1.807) is 0 Å². The van der Waals surface area contributed by atoms with Gasteiger partial charge in [0.25, 0.3) is 0 Å². The maximum Gasteiger partial charge on any atom is 0.0543 e. The molecule has 0 unspecified atom stereocenters. The lowest BCUT2D eigenvalue weighted by molar-refractivity contribution is 0.0650. The molecule has 3 fully saturated rings. The first-order chi connectivity index (χ1) is 6.83. The van der Waals surface area contributed by atoms with E-state index in [0.29, 0.717) is 0 Å². The summed E-state index contributed by atoms with van der Waals surface area (Å²) in [5.74, 6) is 4.01. The normalized spacial score (nSPS) is 52.5. The summed E-state index contributed by atoms with van der Waals surface area (Å²) in [6.45, 7) is 0. The van der Waals surface area contributed by atoms with Crippen LogP contribution in [0.1, 0.15) is 51.4 Å². The highest BCUT2D eigenvalue weighted by Crippen LogP contribution is 2.53. The summed E-state index contributed by atoms with van der Waals surface area (Å²) in [4.78, 5) is 0. The van der Waals surface area contributed by atoms with E-state index in [-0.39, 0.29) is 6.10 Å². The summed E-state index contributed by atoms with van der Waals surface area (Å²) in [5.41, 5.74) is 0. The van der Waals surface area contributed by atoms with Crippen molar-refractivity contribution in [2.75, 3.05) is 0 Å². The molecule has 0 aromatic heterocycles. The molecule has 0 aromatic carbocycles. The number of rotatable bonds is 1. The van der Waals surface area contributed by atoms with E-state index >= 15 is 0 Å². The SMILES string of the molecule is O[C@@H]1CCC[C@@H]([C@@H]2C[C@@H]3CC[C@@H]2C3)C1. The van der Waals surface area contributed by atoms with E-state index in [2.05, 4.69) is 0 Å². The molecular formula is C13H22O. The predicted molar refractivity (Wildman–Crippen MR) is 56.9 cm³/mol. The Hall–Kier alpha value is -0.0400. The quantitative estimate of drug-likeness (QED) is 0.680. The van der Waals surface area contributed by atoms with E-state index in [1.165, 1.54) is 38.5 Å². The van der Waals surface area contributed by atoms with Crippen molar-refractivity contribution in [3.8, 4) is 0 Å². The van der Waals surface area contributed by atoms with Crippen molar-refractivity contribution in [1.82, 2.24) is 0 Å². The molecule has 0 aliphatic heterocycles. The second-order valence-electron chi connectivity index (χ2n) is 5.92. The van der Waals surface area contributed by atoms with Gasteiger partial charge in [0.1, 0.15) is 0 Å². The molecule has 2 bridgehead atoms. The molecule has 3 saturated carbocycles. The zero-order valence-corrected chi connectivity index (χ0v) is 8.99. The fourth-order valence-electron chi connectivity index (χ4n) is 4.46. The van der Waals surface area contributed by atoms with E-state index in [1.807, 2.05) is 0 Å². The second-order valence-corrected chi connectivity index (χ2v) is 5.92. The molecular weight excluding hydrogens is 172 g/mol. The monoisotopic (exact) mass is 194 g/mol. The fraction of sp³-hybridized carbons (Fsp3) is 1.00. The third-order valence-corrected chi connectivity index (χ3v) is 5.09. The van der Waals surface area contributed by atoms with Gasteiger partial charge >= 0.3 is 0 Å². The Morgan fingerprint density at radius 1 is 0.786 bits per heavy atom. The van der Waals surface area contributed by atoms with Gasteiger partial charge < -0.3 is 5.11 Å². The standard InChI is InChI=1S/C13H22O/c14-12-3-1-2-10(8-12)13-7-9-4-5-11(13)6-9/h9-14H,1-8H2/t9-,10-,11-,12-,13+/m1/s1. The van der Waals surface area contributed by atoms with Gasteiger partial charge in [0.15, 0.2) is 0 Å². The Kier molecular flexibility index (Phi) is 2.31. The van der Waals surface area contributed by atoms with E-state index in [0.717, 1.165) is 36.5 Å². The first kappa shape index (κ1) is 9.21. The zero-order valence-electron chi connectivity index (χ0n) is 8.99. The van der Waals surface area contributed by atoms with E-state index in [9.17, 15) is 5.11 Å². The van der Waals surface area contributed by atoms with Gasteiger partial charge in [-0.15, -0.1) is 0 Å². The number of aliphatic hydroxyl groups is 1. The van der Waals surface area contributed by atoms with E-state index < -0.39 is 0 Å². The minimum absolute atomic E-state index is 0.0351. The Morgan fingerprint density at radius 2 is 1.64 bits per heavy atom. The lowest BCUT2D eigenvalue weighted by atomic mass is 9.72. The fourth-order valence-corrected chi connectivity index (χ4v) is 4.46. The summed E-state index contributed by atoms with van der Waals surface area (Å²) in [6.07, 6.45) is 10.9. The van der Waals surface area contributed by atoms with Crippen LogP contribution in [0.5, 0.6) is 0 Å². The smallest absolute Gasteiger partial charge is 0.0543 e. The first-order valence-electron chi connectivity index (χ1n) is 6.51. The molecule has 3 aliphatic rings. The average Bonchev–Trinajstić information content (AvgIpc) is 2.78. The van der Waals surface area contributed by atoms with Gasteiger partial charge in [0.05, 0.1) is 6.10 Å². The van der Waals surface area contributed by atoms with Crippen LogP contribution in [-0.4, -0.2) is 11.2 Å². The lowest BCUT2D eigenvalue weighted by Gasteiger charge is -2.35. The number of aliphatic hydroxyl groups excluding tert-OH is 1. The summed E-state index contributed by atoms with van der Waals surface area (Å²) in [5, 5.41) is 9.71. The number of fused-ring (bicyclic) bond motifs is 2. The molecule has 3 aliphatic carbocycles. The number of hydrogen-bond donors (Lipinski definition) is 1. The highest BCUT2D eigenvalue weighted by Gasteiger charge is 2.43. The van der Waals surface area contributed by atoms with Gasteiger partial charge in [0, 0.05) is 0 Å². The van der Waals surface area contributed by atoms with Crippen molar-refractivity contribution >= 4 is 0 Å². The van der Waals surface area contributed by atoms with Gasteiger partial charge in [0.2, 0.25) is 0 Å². The van der Waals surface area contributed by atoms with Crippen molar-refractivity contribution in [1.29, 1.82) is 0 Å². The Balaban J connectivity index is 1.65. The molecule has 80 valence electrons. The summed E-state index contributed by atoms with van der Waals surface area (Å²) >= 11 is 0. The van der Waals surface area contributed by atoms with Gasteiger partial charge in [-0.25, -0.2) is 0 Å². The highest BCUT2D eigenvalue weighted by molar-refractivity contribution is 4.94. The topological polar surface area (TPSA) is 20.2 Å². The van der Waals surface area contributed by atoms with Crippen LogP contribution in [0.4, 0.5) is 0 Å². The molecule has 5 atom stereocenters. The van der Waals surface area contributed by atoms with Crippen molar-refractivity contribution < 1.29 is 5.11 Å². The molecule has 0 amide bonds. The highest BCUT2D eigenvalue weighted by atomic mass is 16.3. The largest absolute Gasteiger partial charge is 0.393 e. The molecule has 1 N–H and O–H groups in total. The molecule has 0 heterocycles. The third-order valence-electron chi connectivity index (χ3n) is 5.09. The maximum absolute atomic E-state index is 9.71. The Morgan fingerprint density at radius 3 is 2.29 bits per heavy atom. The molecule has 0 radical (unpaired) electrons. The van der Waals surface area contributed by atoms with Crippen LogP contribution >= 0.6 is 0 Å². The van der Waals surface area contributed by atoms with Gasteiger partial charge in [-0.3, -0.25) is 0 Å². The van der Waals surface area contributed by atoms with Crippen LogP contribution in [0.25, 0.3) is 0 Å². The molecule has 1 heteroatoms. The van der Waals surface area contributed by atoms with Crippen LogP contribution in [0.2, 0.25) is 0 Å². The van der Waals surface area contributed by atoms with Gasteiger partial charge in [-0.1, -0.05) is 12.8 Å². The lowest BCUT2D eigenvalue weighted by Crippen LogP contribution is -2.28. The zero-order chi connectivity index (χ0) is 9.54. The van der Waals surface area contributed by atoms with Crippen LogP contribution in [0, 0.1) is 23.7 Å². The third kappa shape index (κ3) is 1.50. The molecule has 14 heavy (non-hydrogen) atoms. The molecule has 3 rings (SSSR count). The Labute approximate surface area is 86.9 Å². The van der Waals surface area contributed by atoms with Crippen LogP contribution < -0.4 is 0 Å². The molecule has 1 nitrogen and oxygen atoms in total. The molecule has 0 aromatic rings. The first-order valence-corrected chi connectivity index (χ1v) is 6.51. The number of hydrogen-bond acceptors (Lipinski definition) is 1. The van der Waals surface area contributed by atoms with Crippen LogP contribution in [0.15, 0.2) is 0 Å². The van der Waals surface area contributed by atoms with Crippen molar-refractivity contribution in [2.24, 2.45) is 23.7 Å². The summed E-state index contributed by atoms with van der Waals surface area (Å²) in [7, 11) is 0. The molecule has 0 spiro atoms. The summed E-state index contributed by atoms with van der Waals surface area (Å²) in [6, 6.07) is 0. The summed E-state index contributed by atoms with van der Waals surface area (Å²) < 4.78 is 0. The maximum atomic E-state index is 9.71. The minimum atomic E-state index is 0.0351. The van der Waals surface area contributed by atoms with Crippen LogP contribution in [0.3, 0.4) is 0 Å². The molecule has 0 saturated heterocycles. The minimum Gasteiger partial charge on any atom is -0.393 e. The van der Waals surface area contributed by atoms with Crippen molar-refractivity contribution in [2.45, 2.75) is 57.5 Å². The second kappa shape index (κ2) is 3.52. The predicted octanol–water partition coefficient (Wildman–Crippen LogP) is 2.97. The van der Waals surface area contributed by atoms with Gasteiger partial charge in [-0.2, -0.15) is 0 Å². The Bertz CT molecular complexity index is 213.